The van der Waals surface area contributed by atoms with Crippen LogP contribution in [-0.2, 0) is 9.30 Å². The van der Waals surface area contributed by atoms with Crippen LogP contribution in [0.4, 0.5) is 5.69 Å². The van der Waals surface area contributed by atoms with Crippen LogP contribution in [0.15, 0.2) is 24.3 Å². The number of ether oxygens (including phenoxy) is 1. The van der Waals surface area contributed by atoms with Gasteiger partial charge in [0.2, 0.25) is 0 Å². The lowest BCUT2D eigenvalue weighted by Gasteiger charge is -2.29. The van der Waals surface area contributed by atoms with E-state index in [0.717, 1.165) is 0 Å². The van der Waals surface area contributed by atoms with Crippen LogP contribution in [0.3, 0.4) is 0 Å². The van der Waals surface area contributed by atoms with E-state index in [0.29, 0.717) is 26.3 Å². The fraction of sp³-hybridized carbons (Fsp3) is 0.400. The molecule has 1 atom stereocenters. The van der Waals surface area contributed by atoms with Gasteiger partial charge in [0.25, 0.3) is 5.69 Å². The van der Waals surface area contributed by atoms with Crippen molar-refractivity contribution in [3.63, 3.8) is 0 Å². The summed E-state index contributed by atoms with van der Waals surface area (Å²) >= 11 is 5.92. The first-order chi connectivity index (χ1) is 8.99. The molecular formula is C10H12ClN2O5P. The zero-order valence-electron chi connectivity index (χ0n) is 9.90. The first-order valence-electron chi connectivity index (χ1n) is 5.56. The van der Waals surface area contributed by atoms with Crippen molar-refractivity contribution in [1.29, 1.82) is 0 Å². The third-order valence-electron chi connectivity index (χ3n) is 2.59. The SMILES string of the molecule is O=[N+]([O-])c1ccc(OP(=O)(Cl)N2CCOCC2)cc1. The van der Waals surface area contributed by atoms with Gasteiger partial charge in [-0.05, 0) is 12.1 Å². The van der Waals surface area contributed by atoms with Crippen molar-refractivity contribution in [2.24, 2.45) is 0 Å². The molecule has 0 saturated carbocycles. The molecular weight excluding hydrogens is 295 g/mol. The minimum Gasteiger partial charge on any atom is -0.422 e. The second-order valence-corrected chi connectivity index (χ2v) is 6.79. The van der Waals surface area contributed by atoms with Gasteiger partial charge in [-0.2, -0.15) is 0 Å². The van der Waals surface area contributed by atoms with Gasteiger partial charge in [0.05, 0.1) is 18.1 Å². The first-order valence-corrected chi connectivity index (χ1v) is 8.04. The molecule has 1 unspecified atom stereocenters. The van der Waals surface area contributed by atoms with Crippen LogP contribution < -0.4 is 4.52 Å². The molecule has 1 heterocycles. The maximum Gasteiger partial charge on any atom is 0.411 e. The summed E-state index contributed by atoms with van der Waals surface area (Å²) in [5.41, 5.74) is -0.0665. The molecule has 1 aromatic carbocycles. The molecule has 9 heteroatoms. The number of hydrogen-bond acceptors (Lipinski definition) is 5. The van der Waals surface area contributed by atoms with E-state index in [-0.39, 0.29) is 11.4 Å². The average Bonchev–Trinajstić information content (AvgIpc) is 2.40. The Hall–Kier alpha value is -1.14. The summed E-state index contributed by atoms with van der Waals surface area (Å²) in [5.74, 6) is 0.232. The normalized spacial score (nSPS) is 19.6. The molecule has 1 aromatic rings. The van der Waals surface area contributed by atoms with E-state index in [4.69, 9.17) is 20.5 Å². The van der Waals surface area contributed by atoms with Crippen LogP contribution in [0.2, 0.25) is 0 Å². The van der Waals surface area contributed by atoms with Gasteiger partial charge in [-0.15, -0.1) is 0 Å². The van der Waals surface area contributed by atoms with Crippen molar-refractivity contribution in [3.05, 3.63) is 34.4 Å². The van der Waals surface area contributed by atoms with Gasteiger partial charge in [0.1, 0.15) is 5.75 Å². The number of benzene rings is 1. The molecule has 0 N–H and O–H groups in total. The lowest BCUT2D eigenvalue weighted by molar-refractivity contribution is -0.384. The molecule has 0 radical (unpaired) electrons. The van der Waals surface area contributed by atoms with Gasteiger partial charge in [-0.25, -0.2) is 9.24 Å². The molecule has 2 rings (SSSR count). The molecule has 7 nitrogen and oxygen atoms in total. The molecule has 1 aliphatic heterocycles. The molecule has 1 saturated heterocycles. The third kappa shape index (κ3) is 3.67. The summed E-state index contributed by atoms with van der Waals surface area (Å²) in [5, 5.41) is 10.5. The standard InChI is InChI=1S/C10H12ClN2O5P/c11-19(16,12-5-7-17-8-6-12)18-10-3-1-9(2-4-10)13(14)15/h1-4H,5-8H2. The van der Waals surface area contributed by atoms with Crippen molar-refractivity contribution in [1.82, 2.24) is 4.67 Å². The topological polar surface area (TPSA) is 81.9 Å². The lowest BCUT2D eigenvalue weighted by Crippen LogP contribution is -2.33. The van der Waals surface area contributed by atoms with Crippen molar-refractivity contribution in [3.8, 4) is 5.75 Å². The highest BCUT2D eigenvalue weighted by Crippen LogP contribution is 2.55. The van der Waals surface area contributed by atoms with Gasteiger partial charge in [0, 0.05) is 36.5 Å². The lowest BCUT2D eigenvalue weighted by atomic mass is 10.3. The Bertz CT molecular complexity index is 503. The Kier molecular flexibility index (Phi) is 4.42. The van der Waals surface area contributed by atoms with Crippen molar-refractivity contribution < 1.29 is 18.7 Å². The van der Waals surface area contributed by atoms with Crippen molar-refractivity contribution in [2.45, 2.75) is 0 Å². The Balaban J connectivity index is 2.06. The number of morpholine rings is 1. The monoisotopic (exact) mass is 306 g/mol. The van der Waals surface area contributed by atoms with Gasteiger partial charge in [-0.3, -0.25) is 10.1 Å². The van der Waals surface area contributed by atoms with Crippen LogP contribution >= 0.6 is 18.1 Å². The Morgan fingerprint density at radius 1 is 1.32 bits per heavy atom. The molecule has 104 valence electrons. The summed E-state index contributed by atoms with van der Waals surface area (Å²) in [6.07, 6.45) is 0. The molecule has 0 bridgehead atoms. The molecule has 0 amide bonds. The summed E-state index contributed by atoms with van der Waals surface area (Å²) in [6.45, 7) is -1.73. The number of hydrogen-bond donors (Lipinski definition) is 0. The highest BCUT2D eigenvalue weighted by atomic mass is 35.7. The fourth-order valence-electron chi connectivity index (χ4n) is 1.61. The molecule has 1 aliphatic rings. The number of nitro groups is 1. The Morgan fingerprint density at radius 2 is 1.89 bits per heavy atom. The van der Waals surface area contributed by atoms with Crippen LogP contribution in [0.5, 0.6) is 5.75 Å². The summed E-state index contributed by atoms with van der Waals surface area (Å²) in [6, 6.07) is 5.28. The van der Waals surface area contributed by atoms with E-state index in [2.05, 4.69) is 0 Å². The van der Waals surface area contributed by atoms with E-state index in [9.17, 15) is 14.7 Å². The van der Waals surface area contributed by atoms with E-state index in [1.807, 2.05) is 0 Å². The van der Waals surface area contributed by atoms with Crippen molar-refractivity contribution >= 4 is 23.8 Å². The second kappa shape index (κ2) is 5.88. The van der Waals surface area contributed by atoms with Gasteiger partial charge in [0.15, 0.2) is 0 Å². The van der Waals surface area contributed by atoms with Gasteiger partial charge < -0.3 is 9.26 Å². The van der Waals surface area contributed by atoms with Crippen molar-refractivity contribution in [2.75, 3.05) is 26.3 Å². The number of rotatable bonds is 4. The third-order valence-corrected chi connectivity index (χ3v) is 4.95. The van der Waals surface area contributed by atoms with Crippen LogP contribution in [0.1, 0.15) is 0 Å². The molecule has 0 aliphatic carbocycles. The summed E-state index contributed by atoms with van der Waals surface area (Å²) in [4.78, 5) is 9.98. The number of nitrogens with zero attached hydrogens (tertiary/aromatic N) is 2. The minimum atomic E-state index is -3.47. The predicted octanol–water partition coefficient (Wildman–Crippen LogP) is 2.65. The summed E-state index contributed by atoms with van der Waals surface area (Å²) in [7, 11) is 0. The van der Waals surface area contributed by atoms with Crippen LogP contribution in [0, 0.1) is 10.1 Å². The highest BCUT2D eigenvalue weighted by molar-refractivity contribution is 7.83. The van der Waals surface area contributed by atoms with Crippen LogP contribution in [0.25, 0.3) is 0 Å². The smallest absolute Gasteiger partial charge is 0.411 e. The largest absolute Gasteiger partial charge is 0.422 e. The molecule has 0 spiro atoms. The molecule has 1 fully saturated rings. The maximum absolute atomic E-state index is 12.2. The second-order valence-electron chi connectivity index (χ2n) is 3.86. The highest BCUT2D eigenvalue weighted by Gasteiger charge is 2.32. The number of non-ortho nitro benzene ring substituents is 1. The van der Waals surface area contributed by atoms with Crippen LogP contribution in [-0.4, -0.2) is 35.9 Å². The number of nitro benzene ring substituents is 1. The quantitative estimate of drug-likeness (QED) is 0.483. The van der Waals surface area contributed by atoms with E-state index in [1.54, 1.807) is 0 Å². The Morgan fingerprint density at radius 3 is 2.42 bits per heavy atom. The van der Waals surface area contributed by atoms with E-state index >= 15 is 0 Å². The first kappa shape index (κ1) is 14.3. The average molecular weight is 307 g/mol. The Labute approximate surface area is 114 Å². The summed E-state index contributed by atoms with van der Waals surface area (Å²) < 4.78 is 24.1. The van der Waals surface area contributed by atoms with Gasteiger partial charge in [-0.1, -0.05) is 0 Å². The maximum atomic E-state index is 12.2. The predicted molar refractivity (Wildman–Crippen MR) is 69.6 cm³/mol. The zero-order valence-corrected chi connectivity index (χ0v) is 11.5. The minimum absolute atomic E-state index is 0.0665. The van der Waals surface area contributed by atoms with E-state index < -0.39 is 11.8 Å². The fourth-order valence-corrected chi connectivity index (χ4v) is 3.44. The zero-order chi connectivity index (χ0) is 13.9. The van der Waals surface area contributed by atoms with Gasteiger partial charge >= 0.3 is 6.87 Å². The molecule has 19 heavy (non-hydrogen) atoms. The number of halogens is 1. The van der Waals surface area contributed by atoms with E-state index in [1.165, 1.54) is 28.9 Å². The molecule has 0 aromatic heterocycles.